The van der Waals surface area contributed by atoms with E-state index in [1.165, 1.54) is 5.56 Å². The molecule has 0 spiro atoms. The first-order valence-electron chi connectivity index (χ1n) is 6.56. The van der Waals surface area contributed by atoms with Crippen LogP contribution in [0.2, 0.25) is 0 Å². The zero-order valence-electron chi connectivity index (χ0n) is 11.4. The number of benzene rings is 2. The van der Waals surface area contributed by atoms with Crippen LogP contribution in [0.15, 0.2) is 54.6 Å². The zero-order valence-corrected chi connectivity index (χ0v) is 11.4. The van der Waals surface area contributed by atoms with E-state index >= 15 is 0 Å². The third-order valence-electron chi connectivity index (χ3n) is 3.25. The standard InChI is InChI=1S/C17H19NO/c1-13-8-10-16(11-9-13)17(19)18-12-14(2)15-6-4-3-5-7-15/h3-11,14H,12H2,1-2H3,(H,18,19)/t14-/m0/s1. The molecule has 1 atom stereocenters. The average molecular weight is 253 g/mol. The van der Waals surface area contributed by atoms with E-state index in [9.17, 15) is 4.79 Å². The van der Waals surface area contributed by atoms with Gasteiger partial charge in [-0.15, -0.1) is 0 Å². The first-order chi connectivity index (χ1) is 9.16. The van der Waals surface area contributed by atoms with Crippen LogP contribution < -0.4 is 5.32 Å². The van der Waals surface area contributed by atoms with E-state index in [1.807, 2.05) is 49.4 Å². The summed E-state index contributed by atoms with van der Waals surface area (Å²) in [6, 6.07) is 17.8. The van der Waals surface area contributed by atoms with Crippen LogP contribution in [0.1, 0.15) is 34.3 Å². The van der Waals surface area contributed by atoms with Gasteiger partial charge in [0, 0.05) is 12.1 Å². The van der Waals surface area contributed by atoms with Crippen molar-refractivity contribution < 1.29 is 4.79 Å². The third kappa shape index (κ3) is 3.68. The van der Waals surface area contributed by atoms with E-state index in [0.717, 1.165) is 5.56 Å². The molecule has 0 fully saturated rings. The van der Waals surface area contributed by atoms with Gasteiger partial charge in [-0.05, 0) is 30.5 Å². The molecule has 98 valence electrons. The minimum atomic E-state index is -0.0113. The number of hydrogen-bond acceptors (Lipinski definition) is 1. The van der Waals surface area contributed by atoms with Crippen LogP contribution in [0.25, 0.3) is 0 Å². The third-order valence-corrected chi connectivity index (χ3v) is 3.25. The van der Waals surface area contributed by atoms with E-state index in [4.69, 9.17) is 0 Å². The number of rotatable bonds is 4. The van der Waals surface area contributed by atoms with Crippen molar-refractivity contribution in [2.45, 2.75) is 19.8 Å². The molecule has 2 heteroatoms. The molecule has 0 aliphatic heterocycles. The number of aryl methyl sites for hydroxylation is 1. The van der Waals surface area contributed by atoms with E-state index in [-0.39, 0.29) is 5.91 Å². The maximum Gasteiger partial charge on any atom is 0.251 e. The van der Waals surface area contributed by atoms with Gasteiger partial charge in [0.1, 0.15) is 0 Å². The minimum Gasteiger partial charge on any atom is -0.351 e. The van der Waals surface area contributed by atoms with Crippen LogP contribution in [0, 0.1) is 6.92 Å². The van der Waals surface area contributed by atoms with Crippen molar-refractivity contribution in [2.24, 2.45) is 0 Å². The molecule has 0 radical (unpaired) electrons. The zero-order chi connectivity index (χ0) is 13.7. The van der Waals surface area contributed by atoms with Gasteiger partial charge in [-0.1, -0.05) is 55.0 Å². The van der Waals surface area contributed by atoms with E-state index in [2.05, 4.69) is 24.4 Å². The Morgan fingerprint density at radius 2 is 1.68 bits per heavy atom. The second-order valence-corrected chi connectivity index (χ2v) is 4.89. The van der Waals surface area contributed by atoms with Crippen molar-refractivity contribution >= 4 is 5.91 Å². The molecular weight excluding hydrogens is 234 g/mol. The molecular formula is C17H19NO. The summed E-state index contributed by atoms with van der Waals surface area (Å²) in [6.07, 6.45) is 0. The summed E-state index contributed by atoms with van der Waals surface area (Å²) in [7, 11) is 0. The van der Waals surface area contributed by atoms with Gasteiger partial charge in [-0.25, -0.2) is 0 Å². The molecule has 2 nitrogen and oxygen atoms in total. The van der Waals surface area contributed by atoms with Crippen LogP contribution in [-0.2, 0) is 0 Å². The Bertz CT molecular complexity index is 531. The summed E-state index contributed by atoms with van der Waals surface area (Å²) in [6.45, 7) is 4.78. The number of carbonyl (C=O) groups is 1. The largest absolute Gasteiger partial charge is 0.351 e. The fraction of sp³-hybridized carbons (Fsp3) is 0.235. The highest BCUT2D eigenvalue weighted by molar-refractivity contribution is 5.94. The van der Waals surface area contributed by atoms with E-state index in [1.54, 1.807) is 0 Å². The molecule has 0 bridgehead atoms. The Balaban J connectivity index is 1.92. The number of carbonyl (C=O) groups excluding carboxylic acids is 1. The van der Waals surface area contributed by atoms with Crippen molar-refractivity contribution in [1.29, 1.82) is 0 Å². The normalized spacial score (nSPS) is 11.9. The molecule has 0 aliphatic rings. The maximum atomic E-state index is 12.0. The van der Waals surface area contributed by atoms with Crippen LogP contribution in [-0.4, -0.2) is 12.5 Å². The minimum absolute atomic E-state index is 0.0113. The quantitative estimate of drug-likeness (QED) is 0.887. The van der Waals surface area contributed by atoms with E-state index in [0.29, 0.717) is 18.0 Å². The second kappa shape index (κ2) is 6.19. The molecule has 0 heterocycles. The molecule has 2 rings (SSSR count). The van der Waals surface area contributed by atoms with Crippen LogP contribution >= 0.6 is 0 Å². The van der Waals surface area contributed by atoms with Crippen LogP contribution in [0.4, 0.5) is 0 Å². The first-order valence-corrected chi connectivity index (χ1v) is 6.56. The lowest BCUT2D eigenvalue weighted by Crippen LogP contribution is -2.27. The summed E-state index contributed by atoms with van der Waals surface area (Å²) in [5.41, 5.74) is 3.12. The fourth-order valence-electron chi connectivity index (χ4n) is 1.95. The molecule has 2 aromatic rings. The molecule has 0 aromatic heterocycles. The van der Waals surface area contributed by atoms with Gasteiger partial charge >= 0.3 is 0 Å². The molecule has 1 amide bonds. The van der Waals surface area contributed by atoms with Gasteiger partial charge in [0.25, 0.3) is 5.91 Å². The highest BCUT2D eigenvalue weighted by atomic mass is 16.1. The highest BCUT2D eigenvalue weighted by Crippen LogP contribution is 2.13. The SMILES string of the molecule is Cc1ccc(C(=O)NC[C@H](C)c2ccccc2)cc1. The van der Waals surface area contributed by atoms with Gasteiger partial charge in [-0.2, -0.15) is 0 Å². The summed E-state index contributed by atoms with van der Waals surface area (Å²) in [5.74, 6) is 0.304. The second-order valence-electron chi connectivity index (χ2n) is 4.89. The smallest absolute Gasteiger partial charge is 0.251 e. The highest BCUT2D eigenvalue weighted by Gasteiger charge is 2.08. The lowest BCUT2D eigenvalue weighted by molar-refractivity contribution is 0.0951. The van der Waals surface area contributed by atoms with Crippen molar-refractivity contribution in [1.82, 2.24) is 5.32 Å². The van der Waals surface area contributed by atoms with Gasteiger partial charge in [-0.3, -0.25) is 4.79 Å². The maximum absolute atomic E-state index is 12.0. The summed E-state index contributed by atoms with van der Waals surface area (Å²) < 4.78 is 0. The number of hydrogen-bond donors (Lipinski definition) is 1. The molecule has 2 aromatic carbocycles. The Morgan fingerprint density at radius 3 is 2.32 bits per heavy atom. The number of nitrogens with one attached hydrogen (secondary N) is 1. The Morgan fingerprint density at radius 1 is 1.05 bits per heavy atom. The summed E-state index contributed by atoms with van der Waals surface area (Å²) in [5, 5.41) is 2.98. The molecule has 0 aliphatic carbocycles. The molecule has 0 saturated carbocycles. The van der Waals surface area contributed by atoms with Gasteiger partial charge in [0.15, 0.2) is 0 Å². The predicted octanol–water partition coefficient (Wildman–Crippen LogP) is 3.53. The monoisotopic (exact) mass is 253 g/mol. The topological polar surface area (TPSA) is 29.1 Å². The van der Waals surface area contributed by atoms with Crippen molar-refractivity contribution in [3.05, 3.63) is 71.3 Å². The van der Waals surface area contributed by atoms with E-state index < -0.39 is 0 Å². The summed E-state index contributed by atoms with van der Waals surface area (Å²) >= 11 is 0. The van der Waals surface area contributed by atoms with Gasteiger partial charge in [0.2, 0.25) is 0 Å². The van der Waals surface area contributed by atoms with Gasteiger partial charge in [0.05, 0.1) is 0 Å². The average Bonchev–Trinajstić information content (AvgIpc) is 2.46. The number of amides is 1. The fourth-order valence-corrected chi connectivity index (χ4v) is 1.95. The van der Waals surface area contributed by atoms with Crippen molar-refractivity contribution in [3.63, 3.8) is 0 Å². The molecule has 0 saturated heterocycles. The molecule has 0 unspecified atom stereocenters. The molecule has 19 heavy (non-hydrogen) atoms. The van der Waals surface area contributed by atoms with Crippen LogP contribution in [0.3, 0.4) is 0 Å². The lowest BCUT2D eigenvalue weighted by Gasteiger charge is -2.13. The van der Waals surface area contributed by atoms with Crippen molar-refractivity contribution in [3.8, 4) is 0 Å². The molecule has 1 N–H and O–H groups in total. The predicted molar refractivity (Wildman–Crippen MR) is 78.4 cm³/mol. The lowest BCUT2D eigenvalue weighted by atomic mass is 10.0. The Kier molecular flexibility index (Phi) is 4.35. The summed E-state index contributed by atoms with van der Waals surface area (Å²) in [4.78, 5) is 12.0. The first kappa shape index (κ1) is 13.3. The van der Waals surface area contributed by atoms with Crippen molar-refractivity contribution in [2.75, 3.05) is 6.54 Å². The Labute approximate surface area is 114 Å². The Hall–Kier alpha value is -2.09. The van der Waals surface area contributed by atoms with Crippen LogP contribution in [0.5, 0.6) is 0 Å². The van der Waals surface area contributed by atoms with Gasteiger partial charge < -0.3 is 5.32 Å².